The molecule has 3 nitrogen and oxygen atoms in total. The van der Waals surface area contributed by atoms with Crippen LogP contribution in [0.3, 0.4) is 0 Å². The van der Waals surface area contributed by atoms with E-state index in [1.807, 2.05) is 0 Å². The van der Waals surface area contributed by atoms with Crippen molar-refractivity contribution < 1.29 is 17.9 Å². The van der Waals surface area contributed by atoms with Crippen LogP contribution in [0.1, 0.15) is 5.56 Å². The first kappa shape index (κ1) is 10.6. The topological polar surface area (TPSA) is 61.3 Å². The summed E-state index contributed by atoms with van der Waals surface area (Å²) >= 11 is 0. The Morgan fingerprint density at radius 1 is 1.29 bits per heavy atom. The molecule has 1 rings (SSSR count). The lowest BCUT2D eigenvalue weighted by Gasteiger charge is -2.10. The summed E-state index contributed by atoms with van der Waals surface area (Å²) in [6.45, 7) is 0.179. The van der Waals surface area contributed by atoms with Gasteiger partial charge in [-0.25, -0.2) is 0 Å². The zero-order valence-electron chi connectivity index (χ0n) is 7.14. The number of halogens is 3. The van der Waals surface area contributed by atoms with Crippen LogP contribution in [0.15, 0.2) is 18.2 Å². The number of rotatable bonds is 2. The van der Waals surface area contributed by atoms with E-state index in [0.717, 1.165) is 6.07 Å². The monoisotopic (exact) mass is 206 g/mol. The molecule has 14 heavy (non-hydrogen) atoms. The van der Waals surface area contributed by atoms with E-state index in [2.05, 4.69) is 4.74 Å². The predicted octanol–water partition coefficient (Wildman–Crippen LogP) is 1.63. The Morgan fingerprint density at radius 2 is 1.93 bits per heavy atom. The molecule has 0 heterocycles. The zero-order valence-corrected chi connectivity index (χ0v) is 7.14. The van der Waals surface area contributed by atoms with Crippen LogP contribution in [0.4, 0.5) is 18.9 Å². The highest BCUT2D eigenvalue weighted by atomic mass is 19.4. The van der Waals surface area contributed by atoms with Crippen molar-refractivity contribution in [2.24, 2.45) is 5.73 Å². The quantitative estimate of drug-likeness (QED) is 0.723. The third-order valence-corrected chi connectivity index (χ3v) is 1.57. The molecule has 6 heteroatoms. The largest absolute Gasteiger partial charge is 0.573 e. The second kappa shape index (κ2) is 3.75. The van der Waals surface area contributed by atoms with Crippen molar-refractivity contribution in [3.05, 3.63) is 23.8 Å². The molecule has 0 bridgehead atoms. The molecule has 1 aromatic rings. The van der Waals surface area contributed by atoms with Crippen LogP contribution in [0.2, 0.25) is 0 Å². The fourth-order valence-corrected chi connectivity index (χ4v) is 0.956. The number of nitrogens with two attached hydrogens (primary N) is 2. The first-order chi connectivity index (χ1) is 6.42. The third-order valence-electron chi connectivity index (χ3n) is 1.57. The molecular formula is C8H9F3N2O. The van der Waals surface area contributed by atoms with E-state index in [4.69, 9.17) is 11.5 Å². The van der Waals surface area contributed by atoms with E-state index < -0.39 is 6.36 Å². The minimum absolute atomic E-state index is 0.179. The maximum Gasteiger partial charge on any atom is 0.573 e. The van der Waals surface area contributed by atoms with Crippen LogP contribution in [0, 0.1) is 0 Å². The summed E-state index contributed by atoms with van der Waals surface area (Å²) in [5.41, 5.74) is 11.5. The summed E-state index contributed by atoms with van der Waals surface area (Å²) < 4.78 is 39.0. The smallest absolute Gasteiger partial charge is 0.406 e. The Bertz CT molecular complexity index is 325. The molecule has 1 aromatic carbocycles. The molecule has 0 aliphatic carbocycles. The van der Waals surface area contributed by atoms with E-state index in [9.17, 15) is 13.2 Å². The van der Waals surface area contributed by atoms with Gasteiger partial charge in [0.15, 0.2) is 0 Å². The maximum absolute atomic E-state index is 11.8. The highest BCUT2D eigenvalue weighted by molar-refractivity contribution is 5.51. The SMILES string of the molecule is NCc1ccc(OC(F)(F)F)cc1N. The second-order valence-corrected chi connectivity index (χ2v) is 2.61. The molecule has 0 aliphatic rings. The van der Waals surface area contributed by atoms with E-state index in [1.54, 1.807) is 0 Å². The molecule has 0 fully saturated rings. The van der Waals surface area contributed by atoms with Gasteiger partial charge in [0.1, 0.15) is 5.75 Å². The number of anilines is 1. The molecule has 0 aromatic heterocycles. The minimum atomic E-state index is -4.70. The highest BCUT2D eigenvalue weighted by Gasteiger charge is 2.31. The molecule has 4 N–H and O–H groups in total. The molecule has 0 atom stereocenters. The van der Waals surface area contributed by atoms with Crippen LogP contribution in [-0.4, -0.2) is 6.36 Å². The molecule has 0 aliphatic heterocycles. The minimum Gasteiger partial charge on any atom is -0.406 e. The van der Waals surface area contributed by atoms with Crippen molar-refractivity contribution in [3.63, 3.8) is 0 Å². The van der Waals surface area contributed by atoms with Crippen molar-refractivity contribution in [3.8, 4) is 5.75 Å². The van der Waals surface area contributed by atoms with Gasteiger partial charge >= 0.3 is 6.36 Å². The van der Waals surface area contributed by atoms with E-state index in [0.29, 0.717) is 5.56 Å². The molecule has 0 unspecified atom stereocenters. The van der Waals surface area contributed by atoms with Crippen molar-refractivity contribution in [2.45, 2.75) is 12.9 Å². The molecule has 78 valence electrons. The number of hydrogen-bond acceptors (Lipinski definition) is 3. The van der Waals surface area contributed by atoms with Crippen LogP contribution in [0.25, 0.3) is 0 Å². The fraction of sp³-hybridized carbons (Fsp3) is 0.250. The molecular weight excluding hydrogens is 197 g/mol. The average Bonchev–Trinajstić information content (AvgIpc) is 2.01. The normalized spacial score (nSPS) is 11.4. The third kappa shape index (κ3) is 2.81. The lowest BCUT2D eigenvalue weighted by molar-refractivity contribution is -0.274. The predicted molar refractivity (Wildman–Crippen MR) is 45.4 cm³/mol. The standard InChI is InChI=1S/C8H9F3N2O/c9-8(10,11)14-6-2-1-5(4-12)7(13)3-6/h1-3H,4,12-13H2. The first-order valence-corrected chi connectivity index (χ1v) is 3.76. The summed E-state index contributed by atoms with van der Waals surface area (Å²) in [4.78, 5) is 0. The lowest BCUT2D eigenvalue weighted by Crippen LogP contribution is -2.17. The molecule has 0 saturated carbocycles. The Hall–Kier alpha value is -1.43. The van der Waals surface area contributed by atoms with Gasteiger partial charge in [-0.15, -0.1) is 13.2 Å². The number of ether oxygens (including phenoxy) is 1. The van der Waals surface area contributed by atoms with Crippen LogP contribution in [0.5, 0.6) is 5.75 Å². The van der Waals surface area contributed by atoms with Gasteiger partial charge in [0.25, 0.3) is 0 Å². The van der Waals surface area contributed by atoms with Gasteiger partial charge in [0.2, 0.25) is 0 Å². The number of nitrogen functional groups attached to an aromatic ring is 1. The average molecular weight is 206 g/mol. The Kier molecular flexibility index (Phi) is 2.85. The summed E-state index contributed by atoms with van der Waals surface area (Å²) in [6.07, 6.45) is -4.70. The van der Waals surface area contributed by atoms with Gasteiger partial charge in [-0.05, 0) is 11.6 Å². The maximum atomic E-state index is 11.8. The number of hydrogen-bond donors (Lipinski definition) is 2. The number of benzene rings is 1. The van der Waals surface area contributed by atoms with Crippen LogP contribution in [-0.2, 0) is 6.54 Å². The van der Waals surface area contributed by atoms with Gasteiger partial charge in [-0.1, -0.05) is 6.07 Å². The van der Waals surface area contributed by atoms with Gasteiger partial charge < -0.3 is 16.2 Å². The fourth-order valence-electron chi connectivity index (χ4n) is 0.956. The van der Waals surface area contributed by atoms with E-state index in [-0.39, 0.29) is 18.0 Å². The Labute approximate surface area is 78.5 Å². The van der Waals surface area contributed by atoms with Crippen LogP contribution < -0.4 is 16.2 Å². The summed E-state index contributed by atoms with van der Waals surface area (Å²) in [5.74, 6) is -0.341. The van der Waals surface area contributed by atoms with Crippen molar-refractivity contribution in [1.29, 1.82) is 0 Å². The molecule has 0 amide bonds. The summed E-state index contributed by atoms with van der Waals surface area (Å²) in [6, 6.07) is 3.66. The summed E-state index contributed by atoms with van der Waals surface area (Å²) in [5, 5.41) is 0. The van der Waals surface area contributed by atoms with Gasteiger partial charge in [-0.3, -0.25) is 0 Å². The van der Waals surface area contributed by atoms with Gasteiger partial charge in [0.05, 0.1) is 0 Å². The molecule has 0 radical (unpaired) electrons. The first-order valence-electron chi connectivity index (χ1n) is 3.76. The lowest BCUT2D eigenvalue weighted by atomic mass is 10.2. The Morgan fingerprint density at radius 3 is 2.36 bits per heavy atom. The van der Waals surface area contributed by atoms with Gasteiger partial charge in [-0.2, -0.15) is 0 Å². The van der Waals surface area contributed by atoms with Crippen LogP contribution >= 0.6 is 0 Å². The van der Waals surface area contributed by atoms with Crippen molar-refractivity contribution in [1.82, 2.24) is 0 Å². The zero-order chi connectivity index (χ0) is 10.8. The summed E-state index contributed by atoms with van der Waals surface area (Å²) in [7, 11) is 0. The highest BCUT2D eigenvalue weighted by Crippen LogP contribution is 2.25. The van der Waals surface area contributed by atoms with Crippen molar-refractivity contribution in [2.75, 3.05) is 5.73 Å². The van der Waals surface area contributed by atoms with E-state index >= 15 is 0 Å². The number of alkyl halides is 3. The molecule has 0 spiro atoms. The van der Waals surface area contributed by atoms with Gasteiger partial charge in [0, 0.05) is 18.3 Å². The second-order valence-electron chi connectivity index (χ2n) is 2.61. The Balaban J connectivity index is 2.87. The molecule has 0 saturated heterocycles. The van der Waals surface area contributed by atoms with E-state index in [1.165, 1.54) is 12.1 Å². The van der Waals surface area contributed by atoms with Crippen molar-refractivity contribution >= 4 is 5.69 Å².